The summed E-state index contributed by atoms with van der Waals surface area (Å²) < 4.78 is 82.5. The maximum absolute atomic E-state index is 13.7. The summed E-state index contributed by atoms with van der Waals surface area (Å²) >= 11 is 0. The highest BCUT2D eigenvalue weighted by Crippen LogP contribution is 2.27. The number of carbonyl (C=O) groups is 11. The van der Waals surface area contributed by atoms with Gasteiger partial charge in [0.1, 0.15) is 78.8 Å². The molecule has 15 N–H and O–H groups in total. The molecule has 43 heteroatoms. The van der Waals surface area contributed by atoms with Gasteiger partial charge in [0, 0.05) is 105 Å². The van der Waals surface area contributed by atoms with Crippen LogP contribution in [0.4, 0.5) is 0 Å². The monoisotopic (exact) mass is 1820 g/mol. The second kappa shape index (κ2) is 71.6. The fraction of sp³-hybridized carbons (Fsp3) is 0.855. The van der Waals surface area contributed by atoms with E-state index in [0.29, 0.717) is 201 Å². The minimum Gasteiger partial charge on any atom is -0.394 e. The highest BCUT2D eigenvalue weighted by Gasteiger charge is 2.48. The molecule has 4 heterocycles. The van der Waals surface area contributed by atoms with Crippen LogP contribution in [0.15, 0.2) is 0 Å². The van der Waals surface area contributed by atoms with Gasteiger partial charge in [-0.15, -0.1) is 5.06 Å². The topological polar surface area (TPSA) is 593 Å². The zero-order chi connectivity index (χ0) is 91.9. The average molecular weight is 1820 g/mol. The molecule has 0 aromatic carbocycles. The number of nitrogens with one attached hydrogen (secondary N) is 6. The molecule has 0 bridgehead atoms. The van der Waals surface area contributed by atoms with Crippen molar-refractivity contribution in [3.05, 3.63) is 7.43 Å². The Hall–Kier alpha value is -6.19. The van der Waals surface area contributed by atoms with Gasteiger partial charge in [-0.1, -0.05) is 51.9 Å². The Bertz CT molecular complexity index is 2980. The van der Waals surface area contributed by atoms with E-state index in [1.165, 1.54) is 27.7 Å². The Morgan fingerprint density at radius 2 is 0.730 bits per heavy atom. The van der Waals surface area contributed by atoms with Crippen LogP contribution in [0.1, 0.15) is 182 Å². The zero-order valence-electron chi connectivity index (χ0n) is 74.5. The van der Waals surface area contributed by atoms with Crippen LogP contribution in [-0.2, 0) is 129 Å². The molecule has 4 saturated heterocycles. The number of aliphatic hydroxyl groups excluding tert-OH is 9. The third-order valence-electron chi connectivity index (χ3n) is 19.9. The maximum atomic E-state index is 13.7. The number of nitrogens with zero attached hydrogens (tertiary/aromatic N) is 1. The van der Waals surface area contributed by atoms with Crippen molar-refractivity contribution in [2.24, 2.45) is 5.92 Å². The number of unbranched alkanes of at least 4 members (excludes halogenated alkanes) is 10. The van der Waals surface area contributed by atoms with Crippen LogP contribution in [0.3, 0.4) is 0 Å². The van der Waals surface area contributed by atoms with Crippen molar-refractivity contribution in [1.82, 2.24) is 37.0 Å². The number of hydroxylamine groups is 2. The summed E-state index contributed by atoms with van der Waals surface area (Å²) in [6.45, 7) is 15.1. The highest BCUT2D eigenvalue weighted by atomic mass is 16.7. The van der Waals surface area contributed by atoms with E-state index in [0.717, 1.165) is 13.0 Å². The number of hydrogen-bond donors (Lipinski definition) is 15. The third-order valence-corrected chi connectivity index (χ3v) is 19.9. The minimum atomic E-state index is -1.44. The van der Waals surface area contributed by atoms with Gasteiger partial charge < -0.3 is 166 Å². The molecule has 0 saturated carbocycles. The predicted octanol–water partition coefficient (Wildman–Crippen LogP) is -2.24. The molecular formula is C83H148N7O36-. The lowest BCUT2D eigenvalue weighted by Crippen LogP contribution is -2.64. The Morgan fingerprint density at radius 3 is 1.09 bits per heavy atom. The van der Waals surface area contributed by atoms with Gasteiger partial charge in [0.15, 0.2) is 24.7 Å². The molecular weight excluding hydrogens is 1670 g/mol. The molecule has 4 aliphatic heterocycles. The maximum Gasteiger partial charge on any atom is 0.335 e. The smallest absolute Gasteiger partial charge is 0.335 e. The van der Waals surface area contributed by atoms with Crippen molar-refractivity contribution in [2.75, 3.05) is 172 Å². The number of rotatable bonds is 72. The number of Topliss-reactive ketones (excluding diaryl/α,β-unsaturated/α-hetero) is 2. The first-order valence-electron chi connectivity index (χ1n) is 43.8. The lowest BCUT2D eigenvalue weighted by atomic mass is 9.95. The van der Waals surface area contributed by atoms with Crippen LogP contribution >= 0.6 is 0 Å². The van der Waals surface area contributed by atoms with Gasteiger partial charge in [-0.05, 0) is 64.7 Å². The van der Waals surface area contributed by atoms with Crippen LogP contribution in [0.5, 0.6) is 0 Å². The van der Waals surface area contributed by atoms with Crippen molar-refractivity contribution in [1.29, 1.82) is 0 Å². The van der Waals surface area contributed by atoms with Gasteiger partial charge in [0.25, 0.3) is 11.8 Å². The number of aliphatic hydroxyl groups is 9. The Morgan fingerprint density at radius 1 is 0.397 bits per heavy atom. The van der Waals surface area contributed by atoms with Crippen LogP contribution in [-0.4, -0.2) is 385 Å². The van der Waals surface area contributed by atoms with Crippen molar-refractivity contribution in [3.63, 3.8) is 0 Å². The summed E-state index contributed by atoms with van der Waals surface area (Å²) in [5, 5.41) is 107. The van der Waals surface area contributed by atoms with E-state index in [1.54, 1.807) is 0 Å². The van der Waals surface area contributed by atoms with E-state index in [9.17, 15) is 98.7 Å². The van der Waals surface area contributed by atoms with Gasteiger partial charge in [-0.25, -0.2) is 4.79 Å². The van der Waals surface area contributed by atoms with Crippen LogP contribution in [0, 0.1) is 13.3 Å². The van der Waals surface area contributed by atoms with Crippen LogP contribution in [0.2, 0.25) is 0 Å². The quantitative estimate of drug-likeness (QED) is 0.0174. The standard InChI is InChI=1S/C56H98N6O23.C26H47NO13.CH3/c1-32(66)28-36(53(79)58-24-14-8-11-17-27-82-56-46(61-35(4)69)52(78)49(75)41(31-65)85-56)19-21-43(72)62-37(38(70)18-12-6-5-9-15-25-80-54-44(59-33(2)67)50(76)47(73)39(29-63)83-54)20-22-42(71)57-23-13-7-10-16-26-81-55-45(60-34(3)68)51(77)48(74)40(30-64)84-55;1-2-6-31-8-10-33-12-14-35-16-18-37-20-22-39-23-21-38-19-17-36-15-13-34-11-9-32-7-5-26(30)40-27-24(28)3-4-25(27)29;/h36-37,39-41,44-52,54-56,63-65,73-78H,5-31H2,1-4H3,(H,57,71)(H,58,79)(H,59,67)(H,60,68)(H,61,69)(H,62,72);2-23H2,1H3;1H3/q;;-1. The molecule has 17 atom stereocenters. The average Bonchev–Trinajstić information content (AvgIpc) is 0.971. The molecule has 8 amide bonds. The number of ketones is 2. The number of imide groups is 1. The first kappa shape index (κ1) is 116. The van der Waals surface area contributed by atoms with Crippen LogP contribution in [0.25, 0.3) is 0 Å². The summed E-state index contributed by atoms with van der Waals surface area (Å²) in [5.74, 6) is -5.80. The molecule has 0 aliphatic carbocycles. The molecule has 732 valence electrons. The lowest BCUT2D eigenvalue weighted by molar-refractivity contribution is -0.270. The summed E-state index contributed by atoms with van der Waals surface area (Å²) in [6, 6.07) is -4.20. The Labute approximate surface area is 738 Å². The first-order valence-corrected chi connectivity index (χ1v) is 43.8. The molecule has 43 nitrogen and oxygen atoms in total. The van der Waals surface area contributed by atoms with Gasteiger partial charge in [0.2, 0.25) is 35.4 Å². The first-order chi connectivity index (χ1) is 60.2. The molecule has 126 heavy (non-hydrogen) atoms. The Kier molecular flexibility index (Phi) is 65.8. The normalized spacial score (nSPS) is 23.4. The van der Waals surface area contributed by atoms with Gasteiger partial charge in [-0.2, -0.15) is 0 Å². The molecule has 4 rings (SSSR count). The van der Waals surface area contributed by atoms with Crippen molar-refractivity contribution < 1.29 is 175 Å². The van der Waals surface area contributed by atoms with Crippen molar-refractivity contribution in [2.45, 2.75) is 280 Å². The molecule has 4 aliphatic rings. The van der Waals surface area contributed by atoms with E-state index >= 15 is 0 Å². The molecule has 0 radical (unpaired) electrons. The molecule has 4 fully saturated rings. The number of carbonyl (C=O) groups excluding carboxylic acids is 11. The van der Waals surface area contributed by atoms with E-state index in [4.69, 9.17) is 75.9 Å². The van der Waals surface area contributed by atoms with Crippen LogP contribution < -0.4 is 31.9 Å². The fourth-order valence-corrected chi connectivity index (χ4v) is 13.2. The van der Waals surface area contributed by atoms with E-state index in [2.05, 4.69) is 38.8 Å². The second-order valence-electron chi connectivity index (χ2n) is 30.5. The zero-order valence-corrected chi connectivity index (χ0v) is 74.5. The predicted molar refractivity (Wildman–Crippen MR) is 445 cm³/mol. The van der Waals surface area contributed by atoms with Crippen molar-refractivity contribution in [3.8, 4) is 0 Å². The van der Waals surface area contributed by atoms with Gasteiger partial charge >= 0.3 is 5.97 Å². The van der Waals surface area contributed by atoms with E-state index in [1.807, 2.05) is 0 Å². The largest absolute Gasteiger partial charge is 0.394 e. The van der Waals surface area contributed by atoms with Gasteiger partial charge in [-0.3, -0.25) is 43.2 Å². The fourth-order valence-electron chi connectivity index (χ4n) is 13.2. The van der Waals surface area contributed by atoms with Gasteiger partial charge in [0.05, 0.1) is 145 Å². The number of hydrogen-bond acceptors (Lipinski definition) is 36. The van der Waals surface area contributed by atoms with E-state index in [-0.39, 0.29) is 116 Å². The minimum absolute atomic E-state index is 0. The van der Waals surface area contributed by atoms with Crippen molar-refractivity contribution >= 4 is 64.8 Å². The SMILES string of the molecule is CC(=O)CC(CCC(=O)NC(CCC(=O)NCCCCCCOC1OC(CO)C(O)C(O)C1NC(C)=O)C(=O)CCCCCCCOC1OC(CO)C(O)C(O)C1NC(C)=O)C(=O)NCCCCCCOC1OC(CO)C(O)C(O)C1NC(C)=O.CCCOCCOCCOCCOCCOCCOCCOCCOCCOCCC(=O)ON1C(=O)CCC1=O.[CH3-]. The summed E-state index contributed by atoms with van der Waals surface area (Å²) in [7, 11) is 0. The lowest BCUT2D eigenvalue weighted by Gasteiger charge is -2.42. The Balaban J connectivity index is 0.00000110. The molecule has 0 aromatic heterocycles. The number of amides is 8. The molecule has 0 aromatic rings. The summed E-state index contributed by atoms with van der Waals surface area (Å²) in [5.41, 5.74) is 0. The summed E-state index contributed by atoms with van der Waals surface area (Å²) in [6.07, 6.45) is -6.50. The summed E-state index contributed by atoms with van der Waals surface area (Å²) in [4.78, 5) is 140. The molecule has 0 spiro atoms. The third kappa shape index (κ3) is 50.8. The van der Waals surface area contributed by atoms with E-state index < -0.39 is 171 Å². The number of ether oxygens (including phenoxy) is 15. The second-order valence-corrected chi connectivity index (χ2v) is 30.5. The molecule has 17 unspecified atom stereocenters. The highest BCUT2D eigenvalue weighted by molar-refractivity contribution is 6.01.